The Hall–Kier alpha value is -1.13. The summed E-state index contributed by atoms with van der Waals surface area (Å²) in [5, 5.41) is 6.96. The molecule has 1 aliphatic rings. The molecule has 4 heteroatoms. The van der Waals surface area contributed by atoms with Crippen molar-refractivity contribution in [3.8, 4) is 0 Å². The van der Waals surface area contributed by atoms with Crippen molar-refractivity contribution in [2.45, 2.75) is 64.6 Å². The monoisotopic (exact) mass is 291 g/mol. The molecule has 1 unspecified atom stereocenters. The Morgan fingerprint density at radius 3 is 2.62 bits per heavy atom. The van der Waals surface area contributed by atoms with E-state index in [4.69, 9.17) is 9.72 Å². The molecule has 0 amide bonds. The predicted molar refractivity (Wildman–Crippen MR) is 87.8 cm³/mol. The van der Waals surface area contributed by atoms with Crippen LogP contribution >= 0.6 is 0 Å². The molecule has 118 valence electrons. The van der Waals surface area contributed by atoms with E-state index in [9.17, 15) is 0 Å². The second-order valence-electron chi connectivity index (χ2n) is 7.08. The zero-order valence-corrected chi connectivity index (χ0v) is 14.0. The summed E-state index contributed by atoms with van der Waals surface area (Å²) in [5.74, 6) is 0.943. The lowest BCUT2D eigenvalue weighted by atomic mass is 9.90. The highest BCUT2D eigenvalue weighted by atomic mass is 16.5. The molecular weight excluding hydrogens is 262 g/mol. The first kappa shape index (κ1) is 16.2. The molecule has 1 heterocycles. The lowest BCUT2D eigenvalue weighted by Gasteiger charge is -2.21. The third-order valence-corrected chi connectivity index (χ3v) is 3.80. The largest absolute Gasteiger partial charge is 0.380 e. The molecule has 2 rings (SSSR count). The number of anilines is 1. The van der Waals surface area contributed by atoms with Crippen LogP contribution in [0.5, 0.6) is 0 Å². The Morgan fingerprint density at radius 2 is 2.05 bits per heavy atom. The summed E-state index contributed by atoms with van der Waals surface area (Å²) in [6, 6.07) is 5.09. The number of nitrogens with zero attached hydrogens (tertiary/aromatic N) is 1. The van der Waals surface area contributed by atoms with Crippen LogP contribution in [0.3, 0.4) is 0 Å². The molecule has 0 aromatic carbocycles. The summed E-state index contributed by atoms with van der Waals surface area (Å²) in [6.07, 6.45) is 2.81. The van der Waals surface area contributed by atoms with Crippen molar-refractivity contribution in [2.75, 3.05) is 19.0 Å². The molecule has 4 nitrogen and oxygen atoms in total. The summed E-state index contributed by atoms with van der Waals surface area (Å²) >= 11 is 0. The van der Waals surface area contributed by atoms with E-state index in [0.29, 0.717) is 0 Å². The van der Waals surface area contributed by atoms with Crippen LogP contribution in [0.25, 0.3) is 0 Å². The fraction of sp³-hybridized carbons (Fsp3) is 0.706. The van der Waals surface area contributed by atoms with E-state index in [0.717, 1.165) is 30.6 Å². The molecule has 1 aromatic heterocycles. The molecule has 0 saturated heterocycles. The Labute approximate surface area is 128 Å². The Kier molecular flexibility index (Phi) is 5.22. The van der Waals surface area contributed by atoms with Crippen LogP contribution in [0.1, 0.15) is 51.8 Å². The van der Waals surface area contributed by atoms with Crippen LogP contribution in [-0.4, -0.2) is 30.8 Å². The fourth-order valence-corrected chi connectivity index (χ4v) is 2.05. The van der Waals surface area contributed by atoms with Gasteiger partial charge in [0.15, 0.2) is 0 Å². The highest BCUT2D eigenvalue weighted by Crippen LogP contribution is 2.24. The molecule has 1 saturated carbocycles. The van der Waals surface area contributed by atoms with E-state index in [1.54, 1.807) is 7.11 Å². The van der Waals surface area contributed by atoms with E-state index >= 15 is 0 Å². The molecular formula is C17H29N3O. The minimum Gasteiger partial charge on any atom is -0.380 e. The molecule has 0 bridgehead atoms. The number of ether oxygens (including phenoxy) is 1. The number of rotatable bonds is 7. The van der Waals surface area contributed by atoms with Crippen LogP contribution in [0.15, 0.2) is 12.1 Å². The molecule has 0 spiro atoms. The maximum absolute atomic E-state index is 5.28. The van der Waals surface area contributed by atoms with E-state index in [1.165, 1.54) is 18.4 Å². The lowest BCUT2D eigenvalue weighted by molar-refractivity contribution is 0.128. The Balaban J connectivity index is 2.10. The third kappa shape index (κ3) is 5.29. The quantitative estimate of drug-likeness (QED) is 0.810. The number of methoxy groups -OCH3 is 1. The second kappa shape index (κ2) is 6.75. The summed E-state index contributed by atoms with van der Waals surface area (Å²) in [4.78, 5) is 4.76. The van der Waals surface area contributed by atoms with Gasteiger partial charge in [-0.25, -0.2) is 4.98 Å². The van der Waals surface area contributed by atoms with Crippen molar-refractivity contribution in [3.05, 3.63) is 23.4 Å². The number of nitrogens with one attached hydrogen (secondary N) is 2. The molecule has 1 aromatic rings. The topological polar surface area (TPSA) is 46.2 Å². The number of hydrogen-bond donors (Lipinski definition) is 2. The molecule has 2 N–H and O–H groups in total. The number of aromatic nitrogens is 1. The maximum Gasteiger partial charge on any atom is 0.126 e. The van der Waals surface area contributed by atoms with Gasteiger partial charge in [0, 0.05) is 37.4 Å². The fourth-order valence-electron chi connectivity index (χ4n) is 2.05. The minimum absolute atomic E-state index is 0.0545. The average molecular weight is 291 g/mol. The van der Waals surface area contributed by atoms with Gasteiger partial charge in [-0.2, -0.15) is 0 Å². The third-order valence-electron chi connectivity index (χ3n) is 3.80. The number of hydrogen-bond acceptors (Lipinski definition) is 4. The van der Waals surface area contributed by atoms with Gasteiger partial charge in [0.1, 0.15) is 5.82 Å². The van der Waals surface area contributed by atoms with Crippen LogP contribution in [0, 0.1) is 0 Å². The summed E-state index contributed by atoms with van der Waals surface area (Å²) in [6.45, 7) is 10.4. The maximum atomic E-state index is 5.28. The average Bonchev–Trinajstić information content (AvgIpc) is 3.25. The highest BCUT2D eigenvalue weighted by molar-refractivity contribution is 5.41. The van der Waals surface area contributed by atoms with Crippen molar-refractivity contribution in [1.82, 2.24) is 10.3 Å². The van der Waals surface area contributed by atoms with Crippen LogP contribution < -0.4 is 10.6 Å². The van der Waals surface area contributed by atoms with Crippen LogP contribution in [-0.2, 0) is 16.7 Å². The van der Waals surface area contributed by atoms with Gasteiger partial charge in [-0.1, -0.05) is 20.8 Å². The van der Waals surface area contributed by atoms with E-state index in [-0.39, 0.29) is 11.5 Å². The Bertz CT molecular complexity index is 464. The van der Waals surface area contributed by atoms with E-state index in [2.05, 4.69) is 50.5 Å². The van der Waals surface area contributed by atoms with Crippen molar-refractivity contribution in [2.24, 2.45) is 0 Å². The first-order valence-electron chi connectivity index (χ1n) is 7.90. The van der Waals surface area contributed by atoms with E-state index < -0.39 is 0 Å². The first-order valence-corrected chi connectivity index (χ1v) is 7.90. The minimum atomic E-state index is 0.0545. The predicted octanol–water partition coefficient (Wildman–Crippen LogP) is 3.08. The van der Waals surface area contributed by atoms with Gasteiger partial charge in [0.05, 0.1) is 6.10 Å². The summed E-state index contributed by atoms with van der Waals surface area (Å²) < 4.78 is 5.28. The Morgan fingerprint density at radius 1 is 1.33 bits per heavy atom. The molecule has 0 aliphatic heterocycles. The van der Waals surface area contributed by atoms with Gasteiger partial charge in [-0.05, 0) is 37.5 Å². The standard InChI is InChI=1S/C17H29N3O/c1-12(21-5)10-19-16-9-13(11-18-14-6-7-14)8-15(20-16)17(2,3)4/h8-9,12,14,18H,6-7,10-11H2,1-5H3,(H,19,20). The summed E-state index contributed by atoms with van der Waals surface area (Å²) in [7, 11) is 1.73. The highest BCUT2D eigenvalue weighted by Gasteiger charge is 2.21. The first-order chi connectivity index (χ1) is 9.88. The normalized spacial score (nSPS) is 16.8. The van der Waals surface area contributed by atoms with Gasteiger partial charge in [0.25, 0.3) is 0 Å². The number of pyridine rings is 1. The second-order valence-corrected chi connectivity index (χ2v) is 7.08. The van der Waals surface area contributed by atoms with Crippen molar-refractivity contribution < 1.29 is 4.74 Å². The van der Waals surface area contributed by atoms with Gasteiger partial charge >= 0.3 is 0 Å². The van der Waals surface area contributed by atoms with Gasteiger partial charge in [-0.15, -0.1) is 0 Å². The molecule has 1 fully saturated rings. The SMILES string of the molecule is COC(C)CNc1cc(CNC2CC2)cc(C(C)(C)C)n1. The van der Waals surface area contributed by atoms with Gasteiger partial charge in [-0.3, -0.25) is 0 Å². The smallest absolute Gasteiger partial charge is 0.126 e. The molecule has 1 atom stereocenters. The van der Waals surface area contributed by atoms with Gasteiger partial charge in [0.2, 0.25) is 0 Å². The molecule has 0 radical (unpaired) electrons. The van der Waals surface area contributed by atoms with E-state index in [1.807, 2.05) is 0 Å². The van der Waals surface area contributed by atoms with Crippen LogP contribution in [0.4, 0.5) is 5.82 Å². The zero-order valence-electron chi connectivity index (χ0n) is 14.0. The molecule has 21 heavy (non-hydrogen) atoms. The summed E-state index contributed by atoms with van der Waals surface area (Å²) in [5.41, 5.74) is 2.48. The van der Waals surface area contributed by atoms with Crippen molar-refractivity contribution in [3.63, 3.8) is 0 Å². The van der Waals surface area contributed by atoms with Crippen molar-refractivity contribution >= 4 is 5.82 Å². The van der Waals surface area contributed by atoms with Gasteiger partial charge < -0.3 is 15.4 Å². The zero-order chi connectivity index (χ0) is 15.5. The van der Waals surface area contributed by atoms with Crippen molar-refractivity contribution in [1.29, 1.82) is 0 Å². The molecule has 1 aliphatic carbocycles. The lowest BCUT2D eigenvalue weighted by Crippen LogP contribution is -2.22. The van der Waals surface area contributed by atoms with Crippen LogP contribution in [0.2, 0.25) is 0 Å².